The van der Waals surface area contributed by atoms with Crippen LogP contribution >= 0.6 is 11.3 Å². The van der Waals surface area contributed by atoms with E-state index in [2.05, 4.69) is 32.9 Å². The molecule has 0 saturated carbocycles. The summed E-state index contributed by atoms with van der Waals surface area (Å²) in [5, 5.41) is 8.61. The van der Waals surface area contributed by atoms with Crippen LogP contribution in [0.2, 0.25) is 0 Å². The van der Waals surface area contributed by atoms with E-state index in [0.717, 1.165) is 11.3 Å². The predicted octanol–water partition coefficient (Wildman–Crippen LogP) is 3.21. The zero-order chi connectivity index (χ0) is 9.19. The number of thiophene rings is 1. The molecule has 0 bridgehead atoms. The van der Waals surface area contributed by atoms with Crippen molar-refractivity contribution in [2.24, 2.45) is 5.41 Å². The first-order chi connectivity index (χ1) is 5.51. The number of hydrogen-bond donors (Lipinski definition) is 0. The molecule has 64 valence electrons. The third-order valence-corrected chi connectivity index (χ3v) is 2.47. The molecule has 0 aliphatic carbocycles. The van der Waals surface area contributed by atoms with Crippen molar-refractivity contribution < 1.29 is 0 Å². The second-order valence-electron chi connectivity index (χ2n) is 4.12. The lowest BCUT2D eigenvalue weighted by Crippen LogP contribution is -2.07. The maximum absolute atomic E-state index is 8.61. The molecule has 0 atom stereocenters. The molecule has 2 heteroatoms. The Morgan fingerprint density at radius 1 is 1.42 bits per heavy atom. The molecule has 12 heavy (non-hydrogen) atoms. The van der Waals surface area contributed by atoms with Gasteiger partial charge in [0.2, 0.25) is 0 Å². The van der Waals surface area contributed by atoms with Crippen LogP contribution in [-0.4, -0.2) is 0 Å². The van der Waals surface area contributed by atoms with Gasteiger partial charge in [-0.1, -0.05) is 20.8 Å². The second kappa shape index (κ2) is 3.28. The third-order valence-electron chi connectivity index (χ3n) is 1.48. The van der Waals surface area contributed by atoms with Gasteiger partial charge in [-0.2, -0.15) is 5.26 Å². The Hall–Kier alpha value is -0.810. The van der Waals surface area contributed by atoms with Crippen LogP contribution in [0.15, 0.2) is 12.1 Å². The molecule has 1 rings (SSSR count). The van der Waals surface area contributed by atoms with Gasteiger partial charge in [-0.25, -0.2) is 0 Å². The highest BCUT2D eigenvalue weighted by Crippen LogP contribution is 2.25. The summed E-state index contributed by atoms with van der Waals surface area (Å²) < 4.78 is 0. The smallest absolute Gasteiger partial charge is 0.110 e. The Kier molecular flexibility index (Phi) is 2.54. The second-order valence-corrected chi connectivity index (χ2v) is 5.28. The fourth-order valence-electron chi connectivity index (χ4n) is 1.06. The maximum atomic E-state index is 8.61. The summed E-state index contributed by atoms with van der Waals surface area (Å²) in [5.41, 5.74) is 0.317. The highest BCUT2D eigenvalue weighted by atomic mass is 32.1. The molecular formula is C10H13NS. The van der Waals surface area contributed by atoms with E-state index in [1.165, 1.54) is 4.88 Å². The minimum Gasteiger partial charge on any atom is -0.192 e. The minimum atomic E-state index is 0.317. The van der Waals surface area contributed by atoms with E-state index in [0.29, 0.717) is 5.41 Å². The quantitative estimate of drug-likeness (QED) is 0.649. The van der Waals surface area contributed by atoms with Crippen molar-refractivity contribution in [1.29, 1.82) is 5.26 Å². The Bertz CT molecular complexity index is 298. The van der Waals surface area contributed by atoms with Gasteiger partial charge in [0.15, 0.2) is 0 Å². The van der Waals surface area contributed by atoms with Crippen LogP contribution in [0, 0.1) is 16.7 Å². The molecule has 0 N–H and O–H groups in total. The third kappa shape index (κ3) is 2.67. The summed E-state index contributed by atoms with van der Waals surface area (Å²) in [7, 11) is 0. The molecule has 0 aromatic carbocycles. The monoisotopic (exact) mass is 179 g/mol. The molecule has 0 amide bonds. The lowest BCUT2D eigenvalue weighted by atomic mass is 9.92. The molecule has 1 nitrogen and oxygen atoms in total. The molecule has 0 aliphatic rings. The van der Waals surface area contributed by atoms with E-state index in [1.54, 1.807) is 11.3 Å². The number of nitriles is 1. The molecular weight excluding hydrogens is 166 g/mol. The maximum Gasteiger partial charge on any atom is 0.110 e. The Labute approximate surface area is 77.7 Å². The Balaban J connectivity index is 2.72. The zero-order valence-corrected chi connectivity index (χ0v) is 8.53. The van der Waals surface area contributed by atoms with Crippen molar-refractivity contribution in [3.63, 3.8) is 0 Å². The van der Waals surface area contributed by atoms with E-state index in [4.69, 9.17) is 5.26 Å². The van der Waals surface area contributed by atoms with E-state index >= 15 is 0 Å². The number of nitrogens with zero attached hydrogens (tertiary/aromatic N) is 1. The van der Waals surface area contributed by atoms with Crippen molar-refractivity contribution in [3.8, 4) is 6.07 Å². The average molecular weight is 179 g/mol. The normalized spacial score (nSPS) is 11.2. The molecule has 1 aromatic heterocycles. The van der Waals surface area contributed by atoms with Gasteiger partial charge in [0.1, 0.15) is 10.9 Å². The topological polar surface area (TPSA) is 23.8 Å². The lowest BCUT2D eigenvalue weighted by Gasteiger charge is -2.16. The Morgan fingerprint density at radius 2 is 2.08 bits per heavy atom. The van der Waals surface area contributed by atoms with Gasteiger partial charge in [0, 0.05) is 4.88 Å². The van der Waals surface area contributed by atoms with E-state index in [1.807, 2.05) is 6.07 Å². The first kappa shape index (κ1) is 9.28. The molecule has 0 saturated heterocycles. The molecule has 0 spiro atoms. The van der Waals surface area contributed by atoms with Crippen molar-refractivity contribution in [2.75, 3.05) is 0 Å². The molecule has 0 aliphatic heterocycles. The van der Waals surface area contributed by atoms with Crippen LogP contribution in [0.1, 0.15) is 30.5 Å². The number of rotatable bonds is 1. The van der Waals surface area contributed by atoms with Gasteiger partial charge < -0.3 is 0 Å². The fourth-order valence-corrected chi connectivity index (χ4v) is 2.16. The average Bonchev–Trinajstić information content (AvgIpc) is 2.32. The summed E-state index contributed by atoms with van der Waals surface area (Å²) in [6.07, 6.45) is 1.05. The van der Waals surface area contributed by atoms with Crippen molar-refractivity contribution in [1.82, 2.24) is 0 Å². The van der Waals surface area contributed by atoms with Crippen molar-refractivity contribution in [3.05, 3.63) is 21.9 Å². The van der Waals surface area contributed by atoms with Gasteiger partial charge in [-0.15, -0.1) is 11.3 Å². The number of hydrogen-bond acceptors (Lipinski definition) is 2. The highest BCUT2D eigenvalue weighted by molar-refractivity contribution is 7.12. The van der Waals surface area contributed by atoms with E-state index in [-0.39, 0.29) is 0 Å². The van der Waals surface area contributed by atoms with Crippen LogP contribution in [0.5, 0.6) is 0 Å². The van der Waals surface area contributed by atoms with Gasteiger partial charge >= 0.3 is 0 Å². The lowest BCUT2D eigenvalue weighted by molar-refractivity contribution is 0.414. The summed E-state index contributed by atoms with van der Waals surface area (Å²) in [4.78, 5) is 2.12. The van der Waals surface area contributed by atoms with Crippen LogP contribution in [-0.2, 0) is 6.42 Å². The van der Waals surface area contributed by atoms with Gasteiger partial charge in [0.05, 0.1) is 0 Å². The summed E-state index contributed by atoms with van der Waals surface area (Å²) in [6.45, 7) is 6.62. The van der Waals surface area contributed by atoms with Crippen LogP contribution in [0.25, 0.3) is 0 Å². The van der Waals surface area contributed by atoms with E-state index in [9.17, 15) is 0 Å². The molecule has 1 heterocycles. The standard InChI is InChI=1S/C10H13NS/c1-10(2,3)6-8-4-5-9(7-11)12-8/h4-5H,6H2,1-3H3. The van der Waals surface area contributed by atoms with Gasteiger partial charge in [0.25, 0.3) is 0 Å². The first-order valence-electron chi connectivity index (χ1n) is 4.00. The summed E-state index contributed by atoms with van der Waals surface area (Å²) in [6, 6.07) is 6.10. The van der Waals surface area contributed by atoms with Crippen molar-refractivity contribution >= 4 is 11.3 Å². The summed E-state index contributed by atoms with van der Waals surface area (Å²) >= 11 is 1.60. The first-order valence-corrected chi connectivity index (χ1v) is 4.82. The molecule has 0 fully saturated rings. The summed E-state index contributed by atoms with van der Waals surface area (Å²) in [5.74, 6) is 0. The highest BCUT2D eigenvalue weighted by Gasteiger charge is 2.12. The van der Waals surface area contributed by atoms with Crippen LogP contribution < -0.4 is 0 Å². The SMILES string of the molecule is CC(C)(C)Cc1ccc(C#N)s1. The van der Waals surface area contributed by atoms with Crippen LogP contribution in [0.4, 0.5) is 0 Å². The molecule has 1 aromatic rings. The fraction of sp³-hybridized carbons (Fsp3) is 0.500. The van der Waals surface area contributed by atoms with E-state index < -0.39 is 0 Å². The Morgan fingerprint density at radius 3 is 2.50 bits per heavy atom. The largest absolute Gasteiger partial charge is 0.192 e. The van der Waals surface area contributed by atoms with Gasteiger partial charge in [-0.3, -0.25) is 0 Å². The zero-order valence-electron chi connectivity index (χ0n) is 7.72. The molecule has 0 unspecified atom stereocenters. The molecule has 0 radical (unpaired) electrons. The van der Waals surface area contributed by atoms with Gasteiger partial charge in [-0.05, 0) is 24.0 Å². The van der Waals surface area contributed by atoms with Crippen LogP contribution in [0.3, 0.4) is 0 Å². The predicted molar refractivity (Wildman–Crippen MR) is 52.2 cm³/mol. The minimum absolute atomic E-state index is 0.317. The van der Waals surface area contributed by atoms with Crippen molar-refractivity contribution in [2.45, 2.75) is 27.2 Å².